The number of nitrogens with one attached hydrogen (secondary N) is 2. The lowest BCUT2D eigenvalue weighted by Gasteiger charge is -2.51. The molecule has 0 amide bonds. The van der Waals surface area contributed by atoms with Gasteiger partial charge in [-0.1, -0.05) is 27.7 Å². The molecule has 16 heteroatoms. The molecule has 4 heterocycles. The molecule has 1 aromatic heterocycles. The first-order valence-corrected chi connectivity index (χ1v) is 23.2. The second-order valence-corrected chi connectivity index (χ2v) is 20.4. The van der Waals surface area contributed by atoms with Gasteiger partial charge in [0.2, 0.25) is 0 Å². The fraction of sp³-hybridized carbons (Fsp3) is 0.848. The van der Waals surface area contributed by atoms with Crippen LogP contribution in [0.15, 0.2) is 24.5 Å². The molecule has 1 aromatic rings. The number of aliphatic hydroxyl groups is 5. The molecule has 0 bridgehead atoms. The van der Waals surface area contributed by atoms with Crippen molar-refractivity contribution >= 4 is 29.0 Å². The van der Waals surface area contributed by atoms with E-state index in [-0.39, 0.29) is 42.7 Å². The number of nitrogens with zero attached hydrogens (tertiary/aromatic N) is 3. The Labute approximate surface area is 376 Å². The maximum absolute atomic E-state index is 14.1. The molecule has 15 nitrogen and oxygen atoms in total. The standard InChI is InChI=1S/C46H81N5O10S/c1-26-21-46(57,23-38-39(52)37(50(11)12)19-27(2)59-38)36(20-35-22-44(9,58-13)41(54)32(7)60-35)29(4)28(3)30(5)42(55)61-33(8)45(10,56)40(53)31(6)51(25-26)18-17-48-43(62)49-34-15-14-16-47-24-34/h14-16,24,26-33,35-41,52-54,56-57H,17-23,25H2,1-13H3,(H2,48,49,62)/t26-,27+,28+,29+,30+,31+,32-,33?,35+,36-,37-,38-,39-,40+,41+,44?,45?,46?/m0/s1. The Balaban J connectivity index is 1.81. The van der Waals surface area contributed by atoms with E-state index in [0.717, 1.165) is 5.69 Å². The van der Waals surface area contributed by atoms with Gasteiger partial charge >= 0.3 is 5.97 Å². The Morgan fingerprint density at radius 1 is 1.02 bits per heavy atom. The number of likely N-dealkylation sites (N-methyl/N-ethyl adjacent to an activating group) is 1. The molecule has 3 aliphatic rings. The lowest BCUT2D eigenvalue weighted by atomic mass is 9.63. The maximum atomic E-state index is 14.1. The van der Waals surface area contributed by atoms with Crippen LogP contribution in [0, 0.1) is 29.6 Å². The summed E-state index contributed by atoms with van der Waals surface area (Å²) in [5.41, 5.74) is -3.47. The summed E-state index contributed by atoms with van der Waals surface area (Å²) in [6.07, 6.45) is -0.891. The van der Waals surface area contributed by atoms with Crippen LogP contribution in [0.4, 0.5) is 5.69 Å². The second kappa shape index (κ2) is 21.9. The Kier molecular flexibility index (Phi) is 18.6. The SMILES string of the molecule is COC1(C)C[C@@H](C[C@H]2[C@H](C)[C@@H](C)[C@@H](C)C(=O)OC(C)C(C)(O)[C@H](O)[C@@H](C)N(CCNC(=S)Nc3cccnc3)C[C@@H](C)CC2(O)C[C@@H]2O[C@H](C)C[C@H](N(C)C)[C@@H]2O)O[C@@H](C)[C@H]1O. The van der Waals surface area contributed by atoms with Gasteiger partial charge in [0, 0.05) is 57.9 Å². The molecule has 0 spiro atoms. The van der Waals surface area contributed by atoms with E-state index < -0.39 is 83.4 Å². The first-order chi connectivity index (χ1) is 28.8. The average molecular weight is 896 g/mol. The molecule has 4 rings (SSSR count). The van der Waals surface area contributed by atoms with Crippen LogP contribution >= 0.6 is 12.2 Å². The normalized spacial score (nSPS) is 43.3. The Bertz CT molecular complexity index is 1580. The number of carbonyl (C=O) groups is 1. The third kappa shape index (κ3) is 12.6. The number of thiocarbonyl (C=S) groups is 1. The van der Waals surface area contributed by atoms with Crippen molar-refractivity contribution < 1.29 is 49.3 Å². The molecule has 3 fully saturated rings. The molecule has 0 saturated carbocycles. The highest BCUT2D eigenvalue weighted by Crippen LogP contribution is 2.47. The third-order valence-corrected chi connectivity index (χ3v) is 15.2. The summed E-state index contributed by atoms with van der Waals surface area (Å²) >= 11 is 5.59. The summed E-state index contributed by atoms with van der Waals surface area (Å²) in [5.74, 6) is -2.54. The smallest absolute Gasteiger partial charge is 0.309 e. The number of pyridine rings is 1. The molecule has 18 atom stereocenters. The van der Waals surface area contributed by atoms with E-state index in [1.807, 2.05) is 65.7 Å². The predicted molar refractivity (Wildman–Crippen MR) is 243 cm³/mol. The van der Waals surface area contributed by atoms with E-state index in [1.165, 1.54) is 6.92 Å². The summed E-state index contributed by atoms with van der Waals surface area (Å²) in [6.45, 7) is 19.7. The number of aromatic nitrogens is 1. The topological polar surface area (TPSA) is 199 Å². The minimum atomic E-state index is -1.82. The lowest BCUT2D eigenvalue weighted by molar-refractivity contribution is -0.226. The number of hydrogen-bond acceptors (Lipinski definition) is 14. The van der Waals surface area contributed by atoms with E-state index in [2.05, 4.69) is 34.4 Å². The van der Waals surface area contributed by atoms with Crippen LogP contribution in [0.3, 0.4) is 0 Å². The zero-order valence-corrected chi connectivity index (χ0v) is 40.5. The molecular formula is C46H81N5O10S. The van der Waals surface area contributed by atoms with Gasteiger partial charge in [-0.2, -0.15) is 0 Å². The van der Waals surface area contributed by atoms with Crippen LogP contribution in [0.1, 0.15) is 101 Å². The maximum Gasteiger partial charge on any atom is 0.309 e. The van der Waals surface area contributed by atoms with Gasteiger partial charge in [-0.25, -0.2) is 0 Å². The minimum Gasteiger partial charge on any atom is -0.459 e. The molecule has 4 unspecified atom stereocenters. The summed E-state index contributed by atoms with van der Waals surface area (Å²) in [4.78, 5) is 22.3. The van der Waals surface area contributed by atoms with Crippen LogP contribution in [-0.2, 0) is 23.7 Å². The summed E-state index contributed by atoms with van der Waals surface area (Å²) in [6, 6.07) is 2.83. The quantitative estimate of drug-likeness (QED) is 0.133. The van der Waals surface area contributed by atoms with Gasteiger partial charge in [-0.15, -0.1) is 0 Å². The molecule has 0 aromatic carbocycles. The van der Waals surface area contributed by atoms with Gasteiger partial charge in [0.25, 0.3) is 0 Å². The summed E-state index contributed by atoms with van der Waals surface area (Å²) in [7, 11) is 5.47. The fourth-order valence-corrected chi connectivity index (χ4v) is 10.7. The minimum absolute atomic E-state index is 0.111. The Morgan fingerprint density at radius 2 is 1.69 bits per heavy atom. The van der Waals surface area contributed by atoms with Gasteiger partial charge in [0.15, 0.2) is 5.11 Å². The number of ether oxygens (including phenoxy) is 4. The fourth-order valence-electron chi connectivity index (χ4n) is 10.4. The molecule has 3 aliphatic heterocycles. The molecular weight excluding hydrogens is 815 g/mol. The summed E-state index contributed by atoms with van der Waals surface area (Å²) in [5, 5.41) is 67.4. The lowest BCUT2D eigenvalue weighted by Crippen LogP contribution is -2.60. The van der Waals surface area contributed by atoms with Crippen LogP contribution in [0.5, 0.6) is 0 Å². The number of anilines is 1. The number of methoxy groups -OCH3 is 1. The highest BCUT2D eigenvalue weighted by atomic mass is 32.1. The number of aliphatic hydroxyl groups excluding tert-OH is 3. The Morgan fingerprint density at radius 3 is 2.31 bits per heavy atom. The van der Waals surface area contributed by atoms with Gasteiger partial charge in [-0.3, -0.25) is 14.7 Å². The number of carbonyl (C=O) groups excluding carboxylic acids is 1. The van der Waals surface area contributed by atoms with Gasteiger partial charge < -0.3 is 60.0 Å². The van der Waals surface area contributed by atoms with Gasteiger partial charge in [0.05, 0.1) is 59.5 Å². The molecule has 0 radical (unpaired) electrons. The molecule has 62 heavy (non-hydrogen) atoms. The zero-order chi connectivity index (χ0) is 46.5. The predicted octanol–water partition coefficient (Wildman–Crippen LogP) is 3.59. The zero-order valence-electron chi connectivity index (χ0n) is 39.7. The van der Waals surface area contributed by atoms with Crippen molar-refractivity contribution in [1.82, 2.24) is 20.1 Å². The average Bonchev–Trinajstić information content (AvgIpc) is 3.20. The van der Waals surface area contributed by atoms with E-state index in [0.29, 0.717) is 44.0 Å². The molecule has 356 valence electrons. The van der Waals surface area contributed by atoms with Crippen molar-refractivity contribution in [2.75, 3.05) is 46.2 Å². The molecule has 7 N–H and O–H groups in total. The van der Waals surface area contributed by atoms with Gasteiger partial charge in [0.1, 0.15) is 23.9 Å². The van der Waals surface area contributed by atoms with Crippen molar-refractivity contribution in [3.8, 4) is 0 Å². The van der Waals surface area contributed by atoms with Crippen molar-refractivity contribution in [3.63, 3.8) is 0 Å². The van der Waals surface area contributed by atoms with Crippen molar-refractivity contribution in [2.45, 2.75) is 179 Å². The summed E-state index contributed by atoms with van der Waals surface area (Å²) < 4.78 is 25.0. The monoisotopic (exact) mass is 896 g/mol. The van der Waals surface area contributed by atoms with Crippen molar-refractivity contribution in [2.24, 2.45) is 29.6 Å². The first-order valence-electron chi connectivity index (χ1n) is 22.8. The number of rotatable bonds is 10. The van der Waals surface area contributed by atoms with Gasteiger partial charge in [-0.05, 0) is 123 Å². The second-order valence-electron chi connectivity index (χ2n) is 19.9. The van der Waals surface area contributed by atoms with E-state index >= 15 is 0 Å². The van der Waals surface area contributed by atoms with Crippen molar-refractivity contribution in [1.29, 1.82) is 0 Å². The third-order valence-electron chi connectivity index (χ3n) is 15.0. The largest absolute Gasteiger partial charge is 0.459 e. The van der Waals surface area contributed by atoms with Crippen LogP contribution < -0.4 is 10.6 Å². The van der Waals surface area contributed by atoms with Crippen molar-refractivity contribution in [3.05, 3.63) is 24.5 Å². The highest BCUT2D eigenvalue weighted by molar-refractivity contribution is 7.80. The van der Waals surface area contributed by atoms with E-state index in [9.17, 15) is 30.3 Å². The highest BCUT2D eigenvalue weighted by Gasteiger charge is 2.53. The van der Waals surface area contributed by atoms with E-state index in [1.54, 1.807) is 33.4 Å². The Hall–Kier alpha value is -2.09. The number of cyclic esters (lactones) is 1. The molecule has 3 saturated heterocycles. The number of esters is 1. The molecule has 0 aliphatic carbocycles. The van der Waals surface area contributed by atoms with Crippen LogP contribution in [0.2, 0.25) is 0 Å². The number of hydrogen-bond donors (Lipinski definition) is 7. The van der Waals surface area contributed by atoms with E-state index in [4.69, 9.17) is 31.2 Å². The first kappa shape index (κ1) is 52.5. The van der Waals surface area contributed by atoms with Crippen LogP contribution in [-0.4, -0.2) is 170 Å². The van der Waals surface area contributed by atoms with Crippen LogP contribution in [0.25, 0.3) is 0 Å².